The van der Waals surface area contributed by atoms with E-state index in [-0.39, 0.29) is 5.91 Å². The van der Waals surface area contributed by atoms with Crippen molar-refractivity contribution in [2.45, 2.75) is 6.92 Å². The zero-order valence-electron chi connectivity index (χ0n) is 16.5. The Morgan fingerprint density at radius 2 is 1.93 bits per heavy atom. The maximum atomic E-state index is 11.6. The number of carbonyl (C=O) groups is 1. The first-order valence-corrected chi connectivity index (χ1v) is 9.77. The molecule has 8 nitrogen and oxygen atoms in total. The number of anilines is 2. The maximum Gasteiger partial charge on any atom is 0.221 e. The molecule has 1 aliphatic heterocycles. The minimum atomic E-state index is -0.119. The van der Waals surface area contributed by atoms with Crippen LogP contribution in [0.2, 0.25) is 0 Å². The standard InChI is InChI=1S/C21H23N7O/c1-13(29)22-16-4-3-5-17-19(16)20(26-25-17)21-23-15-7-6-14(12-18(15)24-21)28-10-8-27(2)9-11-28/h3-7,12H,8-11H2,1-2H3,(H,22,29)(H,23,24)(H,25,26). The SMILES string of the molecule is CC(=O)Nc1cccc2[nH]nc(-c3nc4ccc(N5CCN(C)CC5)cc4[nH]3)c12. The van der Waals surface area contributed by atoms with Crippen LogP contribution in [0.15, 0.2) is 36.4 Å². The summed E-state index contributed by atoms with van der Waals surface area (Å²) in [5.74, 6) is 0.561. The van der Waals surface area contributed by atoms with Gasteiger partial charge in [-0.1, -0.05) is 6.07 Å². The number of hydrogen-bond acceptors (Lipinski definition) is 5. The number of piperazine rings is 1. The molecule has 0 saturated carbocycles. The highest BCUT2D eigenvalue weighted by Crippen LogP contribution is 2.32. The third-order valence-electron chi connectivity index (χ3n) is 5.46. The molecule has 0 atom stereocenters. The quantitative estimate of drug-likeness (QED) is 0.501. The van der Waals surface area contributed by atoms with E-state index in [2.05, 4.69) is 49.5 Å². The first kappa shape index (κ1) is 17.7. The van der Waals surface area contributed by atoms with Crippen LogP contribution in [0.3, 0.4) is 0 Å². The Morgan fingerprint density at radius 1 is 1.10 bits per heavy atom. The zero-order valence-corrected chi connectivity index (χ0v) is 16.5. The van der Waals surface area contributed by atoms with Crippen LogP contribution >= 0.6 is 0 Å². The molecule has 1 fully saturated rings. The number of aromatic amines is 2. The molecular weight excluding hydrogens is 366 g/mol. The largest absolute Gasteiger partial charge is 0.369 e. The molecule has 0 radical (unpaired) electrons. The Kier molecular flexibility index (Phi) is 4.21. The first-order valence-electron chi connectivity index (χ1n) is 9.77. The highest BCUT2D eigenvalue weighted by Gasteiger charge is 2.18. The fraction of sp³-hybridized carbons (Fsp3) is 0.286. The summed E-state index contributed by atoms with van der Waals surface area (Å²) >= 11 is 0. The number of nitrogens with zero attached hydrogens (tertiary/aromatic N) is 4. The lowest BCUT2D eigenvalue weighted by Crippen LogP contribution is -2.44. The summed E-state index contributed by atoms with van der Waals surface area (Å²) in [6.07, 6.45) is 0. The molecule has 1 saturated heterocycles. The molecule has 3 heterocycles. The van der Waals surface area contributed by atoms with Gasteiger partial charge in [-0.2, -0.15) is 5.10 Å². The minimum Gasteiger partial charge on any atom is -0.369 e. The fourth-order valence-electron chi connectivity index (χ4n) is 3.91. The van der Waals surface area contributed by atoms with Crippen molar-refractivity contribution in [3.8, 4) is 11.5 Å². The van der Waals surface area contributed by atoms with Crippen LogP contribution in [0.5, 0.6) is 0 Å². The highest BCUT2D eigenvalue weighted by molar-refractivity contribution is 6.06. The van der Waals surface area contributed by atoms with Gasteiger partial charge in [-0.3, -0.25) is 9.89 Å². The predicted molar refractivity (Wildman–Crippen MR) is 115 cm³/mol. The monoisotopic (exact) mass is 389 g/mol. The highest BCUT2D eigenvalue weighted by atomic mass is 16.1. The van der Waals surface area contributed by atoms with E-state index in [1.165, 1.54) is 12.6 Å². The van der Waals surface area contributed by atoms with Gasteiger partial charge >= 0.3 is 0 Å². The minimum absolute atomic E-state index is 0.119. The van der Waals surface area contributed by atoms with Gasteiger partial charge in [0.1, 0.15) is 5.69 Å². The van der Waals surface area contributed by atoms with Gasteiger partial charge in [0.2, 0.25) is 5.91 Å². The number of carbonyl (C=O) groups excluding carboxylic acids is 1. The molecule has 29 heavy (non-hydrogen) atoms. The van der Waals surface area contributed by atoms with E-state index in [1.807, 2.05) is 24.3 Å². The number of likely N-dealkylation sites (N-methyl/N-ethyl adjacent to an activating group) is 1. The zero-order chi connectivity index (χ0) is 20.0. The summed E-state index contributed by atoms with van der Waals surface area (Å²) in [5, 5.41) is 11.2. The van der Waals surface area contributed by atoms with Gasteiger partial charge < -0.3 is 20.1 Å². The second-order valence-corrected chi connectivity index (χ2v) is 7.56. The van der Waals surface area contributed by atoms with Crippen LogP contribution < -0.4 is 10.2 Å². The van der Waals surface area contributed by atoms with Gasteiger partial charge in [0.25, 0.3) is 0 Å². The smallest absolute Gasteiger partial charge is 0.221 e. The van der Waals surface area contributed by atoms with Gasteiger partial charge in [0, 0.05) is 38.8 Å². The lowest BCUT2D eigenvalue weighted by molar-refractivity contribution is -0.114. The second-order valence-electron chi connectivity index (χ2n) is 7.56. The number of rotatable bonds is 3. The summed E-state index contributed by atoms with van der Waals surface area (Å²) < 4.78 is 0. The fourth-order valence-corrected chi connectivity index (χ4v) is 3.91. The van der Waals surface area contributed by atoms with Gasteiger partial charge in [-0.15, -0.1) is 0 Å². The number of aromatic nitrogens is 4. The van der Waals surface area contributed by atoms with Crippen LogP contribution in [0.1, 0.15) is 6.92 Å². The van der Waals surface area contributed by atoms with Crippen molar-refractivity contribution < 1.29 is 4.79 Å². The van der Waals surface area contributed by atoms with Gasteiger partial charge in [-0.05, 0) is 37.4 Å². The van der Waals surface area contributed by atoms with Gasteiger partial charge in [-0.25, -0.2) is 4.98 Å². The van der Waals surface area contributed by atoms with Crippen molar-refractivity contribution in [3.05, 3.63) is 36.4 Å². The normalized spacial score (nSPS) is 15.3. The summed E-state index contributed by atoms with van der Waals surface area (Å²) in [5.41, 5.74) is 5.34. The van der Waals surface area contributed by atoms with Crippen molar-refractivity contribution in [2.75, 3.05) is 43.4 Å². The first-order chi connectivity index (χ1) is 14.1. The molecule has 0 spiro atoms. The van der Waals surface area contributed by atoms with Crippen LogP contribution in [0.4, 0.5) is 11.4 Å². The van der Waals surface area contributed by atoms with E-state index in [0.29, 0.717) is 11.5 Å². The average molecular weight is 389 g/mol. The van der Waals surface area contributed by atoms with Crippen molar-refractivity contribution >= 4 is 39.2 Å². The molecular formula is C21H23N7O. The summed E-state index contributed by atoms with van der Waals surface area (Å²) in [6.45, 7) is 5.68. The molecule has 0 bridgehead atoms. The van der Waals surface area contributed by atoms with E-state index < -0.39 is 0 Å². The molecule has 0 aliphatic carbocycles. The Morgan fingerprint density at radius 3 is 2.72 bits per heavy atom. The lowest BCUT2D eigenvalue weighted by Gasteiger charge is -2.34. The van der Waals surface area contributed by atoms with Crippen molar-refractivity contribution in [1.29, 1.82) is 0 Å². The Balaban J connectivity index is 1.55. The molecule has 2 aromatic carbocycles. The number of imidazole rings is 1. The topological polar surface area (TPSA) is 92.9 Å². The third-order valence-corrected chi connectivity index (χ3v) is 5.46. The molecule has 4 aromatic rings. The van der Waals surface area contributed by atoms with E-state index >= 15 is 0 Å². The number of fused-ring (bicyclic) bond motifs is 2. The molecule has 148 valence electrons. The number of H-pyrrole nitrogens is 2. The van der Waals surface area contributed by atoms with E-state index in [0.717, 1.165) is 53.8 Å². The molecule has 8 heteroatoms. The Labute approximate surface area is 167 Å². The maximum absolute atomic E-state index is 11.6. The molecule has 1 amide bonds. The van der Waals surface area contributed by atoms with Crippen LogP contribution in [0.25, 0.3) is 33.5 Å². The number of benzene rings is 2. The average Bonchev–Trinajstić information content (AvgIpc) is 3.32. The van der Waals surface area contributed by atoms with Gasteiger partial charge in [0.05, 0.1) is 27.6 Å². The third kappa shape index (κ3) is 3.21. The predicted octanol–water partition coefficient (Wildman–Crippen LogP) is 2.82. The molecule has 1 aliphatic rings. The summed E-state index contributed by atoms with van der Waals surface area (Å²) in [4.78, 5) is 24.5. The van der Waals surface area contributed by atoms with Crippen LogP contribution in [0, 0.1) is 0 Å². The molecule has 3 N–H and O–H groups in total. The van der Waals surface area contributed by atoms with Crippen molar-refractivity contribution in [3.63, 3.8) is 0 Å². The molecule has 0 unspecified atom stereocenters. The Hall–Kier alpha value is -3.39. The van der Waals surface area contributed by atoms with E-state index in [9.17, 15) is 4.79 Å². The van der Waals surface area contributed by atoms with E-state index in [4.69, 9.17) is 4.98 Å². The van der Waals surface area contributed by atoms with Crippen LogP contribution in [-0.2, 0) is 4.79 Å². The van der Waals surface area contributed by atoms with E-state index in [1.54, 1.807) is 0 Å². The number of nitrogens with one attached hydrogen (secondary N) is 3. The van der Waals surface area contributed by atoms with Gasteiger partial charge in [0.15, 0.2) is 5.82 Å². The molecule has 2 aromatic heterocycles. The summed E-state index contributed by atoms with van der Waals surface area (Å²) in [7, 11) is 2.16. The summed E-state index contributed by atoms with van der Waals surface area (Å²) in [6, 6.07) is 12.0. The number of amides is 1. The number of hydrogen-bond donors (Lipinski definition) is 3. The Bertz CT molecular complexity index is 1200. The van der Waals surface area contributed by atoms with Crippen molar-refractivity contribution in [2.24, 2.45) is 0 Å². The molecule has 5 rings (SSSR count). The van der Waals surface area contributed by atoms with Crippen molar-refractivity contribution in [1.82, 2.24) is 25.1 Å². The second kappa shape index (κ2) is 6.89. The van der Waals surface area contributed by atoms with Crippen LogP contribution in [-0.4, -0.2) is 64.2 Å². The lowest BCUT2D eigenvalue weighted by atomic mass is 10.1.